The highest BCUT2D eigenvalue weighted by molar-refractivity contribution is 5.82. The Kier molecular flexibility index (Phi) is 3.44. The van der Waals surface area contributed by atoms with E-state index in [0.717, 1.165) is 5.39 Å². The van der Waals surface area contributed by atoms with Gasteiger partial charge in [-0.25, -0.2) is 4.79 Å². The van der Waals surface area contributed by atoms with E-state index in [1.165, 1.54) is 0 Å². The summed E-state index contributed by atoms with van der Waals surface area (Å²) in [7, 11) is 0. The molecule has 0 saturated heterocycles. The number of rotatable bonds is 3. The summed E-state index contributed by atoms with van der Waals surface area (Å²) in [6.45, 7) is 0.149. The fourth-order valence-corrected chi connectivity index (χ4v) is 2.18. The summed E-state index contributed by atoms with van der Waals surface area (Å²) in [6.07, 6.45) is 5.21. The summed E-state index contributed by atoms with van der Waals surface area (Å²) >= 11 is 0. The lowest BCUT2D eigenvalue weighted by molar-refractivity contribution is 0.371. The average molecular weight is 276 g/mol. The highest BCUT2D eigenvalue weighted by Gasteiger charge is 2.12. The fraction of sp³-hybridized carbons (Fsp3) is 0.0556. The molecular formula is C18H12O3. The van der Waals surface area contributed by atoms with Crippen molar-refractivity contribution < 1.29 is 9.15 Å². The summed E-state index contributed by atoms with van der Waals surface area (Å²) in [6, 6.07) is 16.5. The first-order chi connectivity index (χ1) is 10.3. The van der Waals surface area contributed by atoms with Gasteiger partial charge in [0, 0.05) is 10.9 Å². The Hall–Kier alpha value is -2.99. The van der Waals surface area contributed by atoms with Crippen LogP contribution in [-0.4, -0.2) is 6.61 Å². The van der Waals surface area contributed by atoms with Gasteiger partial charge in [-0.15, -0.1) is 6.42 Å². The lowest BCUT2D eigenvalue weighted by Gasteiger charge is -2.09. The van der Waals surface area contributed by atoms with E-state index in [9.17, 15) is 4.79 Å². The van der Waals surface area contributed by atoms with Gasteiger partial charge in [-0.3, -0.25) is 0 Å². The molecule has 3 rings (SSSR count). The molecule has 0 saturated carbocycles. The van der Waals surface area contributed by atoms with Gasteiger partial charge in [0.1, 0.15) is 17.9 Å². The SMILES string of the molecule is C#CCOc1ccccc1-c1cc2ccccc2oc1=O. The van der Waals surface area contributed by atoms with Crippen molar-refractivity contribution in [2.75, 3.05) is 6.61 Å². The number of para-hydroxylation sites is 2. The molecule has 3 aromatic rings. The van der Waals surface area contributed by atoms with Crippen LogP contribution in [0.1, 0.15) is 0 Å². The van der Waals surface area contributed by atoms with Crippen LogP contribution in [0.15, 0.2) is 63.8 Å². The Morgan fingerprint density at radius 2 is 1.81 bits per heavy atom. The van der Waals surface area contributed by atoms with Gasteiger partial charge in [-0.1, -0.05) is 42.3 Å². The smallest absolute Gasteiger partial charge is 0.344 e. The highest BCUT2D eigenvalue weighted by Crippen LogP contribution is 2.29. The lowest BCUT2D eigenvalue weighted by Crippen LogP contribution is -2.04. The summed E-state index contributed by atoms with van der Waals surface area (Å²) < 4.78 is 10.8. The van der Waals surface area contributed by atoms with E-state index in [1.54, 1.807) is 18.2 Å². The highest BCUT2D eigenvalue weighted by atomic mass is 16.5. The third-order valence-electron chi connectivity index (χ3n) is 3.13. The first-order valence-corrected chi connectivity index (χ1v) is 6.48. The standard InChI is InChI=1S/C18H12O3/c1-2-11-20-17-10-6-4-8-14(17)15-12-13-7-3-5-9-16(13)21-18(15)19/h1,3-10,12H,11H2. The monoisotopic (exact) mass is 276 g/mol. The van der Waals surface area contributed by atoms with Gasteiger partial charge in [-0.05, 0) is 18.2 Å². The van der Waals surface area contributed by atoms with Gasteiger partial charge >= 0.3 is 5.63 Å². The molecular weight excluding hydrogens is 264 g/mol. The quantitative estimate of drug-likeness (QED) is 0.543. The lowest BCUT2D eigenvalue weighted by atomic mass is 10.1. The molecule has 0 N–H and O–H groups in total. The number of terminal acetylenes is 1. The maximum Gasteiger partial charge on any atom is 0.344 e. The van der Waals surface area contributed by atoms with Crippen molar-refractivity contribution in [3.05, 3.63) is 65.0 Å². The fourth-order valence-electron chi connectivity index (χ4n) is 2.18. The van der Waals surface area contributed by atoms with Crippen LogP contribution in [0, 0.1) is 12.3 Å². The Morgan fingerprint density at radius 3 is 2.67 bits per heavy atom. The van der Waals surface area contributed by atoms with E-state index in [1.807, 2.05) is 36.4 Å². The van der Waals surface area contributed by atoms with Crippen LogP contribution >= 0.6 is 0 Å². The topological polar surface area (TPSA) is 39.4 Å². The maximum atomic E-state index is 12.2. The predicted octanol–water partition coefficient (Wildman–Crippen LogP) is 3.47. The first kappa shape index (κ1) is 13.0. The van der Waals surface area contributed by atoms with E-state index in [4.69, 9.17) is 15.6 Å². The normalized spacial score (nSPS) is 10.2. The zero-order valence-corrected chi connectivity index (χ0v) is 11.2. The van der Waals surface area contributed by atoms with Gasteiger partial charge in [0.05, 0.1) is 5.56 Å². The molecule has 21 heavy (non-hydrogen) atoms. The molecule has 1 aromatic heterocycles. The van der Waals surface area contributed by atoms with Gasteiger partial charge in [0.25, 0.3) is 0 Å². The molecule has 102 valence electrons. The minimum Gasteiger partial charge on any atom is -0.480 e. The third kappa shape index (κ3) is 2.52. The molecule has 0 aliphatic carbocycles. The minimum absolute atomic E-state index is 0.149. The minimum atomic E-state index is -0.398. The second kappa shape index (κ2) is 5.56. The molecule has 0 bridgehead atoms. The predicted molar refractivity (Wildman–Crippen MR) is 82.2 cm³/mol. The van der Waals surface area contributed by atoms with Crippen LogP contribution in [0.5, 0.6) is 5.75 Å². The number of benzene rings is 2. The van der Waals surface area contributed by atoms with Crippen molar-refractivity contribution in [3.8, 4) is 29.2 Å². The summed E-state index contributed by atoms with van der Waals surface area (Å²) in [5.74, 6) is 2.98. The van der Waals surface area contributed by atoms with Crippen LogP contribution in [-0.2, 0) is 0 Å². The summed E-state index contributed by atoms with van der Waals surface area (Å²) in [5.41, 5.74) is 1.30. The van der Waals surface area contributed by atoms with Crippen molar-refractivity contribution >= 4 is 11.0 Å². The Morgan fingerprint density at radius 1 is 1.05 bits per heavy atom. The molecule has 0 fully saturated rings. The van der Waals surface area contributed by atoms with Gasteiger partial charge in [-0.2, -0.15) is 0 Å². The third-order valence-corrected chi connectivity index (χ3v) is 3.13. The van der Waals surface area contributed by atoms with Gasteiger partial charge < -0.3 is 9.15 Å². The van der Waals surface area contributed by atoms with E-state index in [0.29, 0.717) is 22.5 Å². The molecule has 1 heterocycles. The molecule has 0 radical (unpaired) electrons. The summed E-state index contributed by atoms with van der Waals surface area (Å²) in [4.78, 5) is 12.2. The van der Waals surface area contributed by atoms with Crippen LogP contribution in [0.3, 0.4) is 0 Å². The second-order valence-corrected chi connectivity index (χ2v) is 4.47. The molecule has 2 aromatic carbocycles. The van der Waals surface area contributed by atoms with E-state index in [-0.39, 0.29) is 6.61 Å². The molecule has 0 aliphatic heterocycles. The molecule has 0 unspecified atom stereocenters. The summed E-state index contributed by atoms with van der Waals surface area (Å²) in [5, 5.41) is 0.860. The number of hydrogen-bond donors (Lipinski definition) is 0. The Bertz CT molecular complexity index is 885. The molecule has 0 spiro atoms. The van der Waals surface area contributed by atoms with E-state index in [2.05, 4.69) is 5.92 Å². The Balaban J connectivity index is 2.19. The van der Waals surface area contributed by atoms with Crippen molar-refractivity contribution in [2.45, 2.75) is 0 Å². The zero-order valence-electron chi connectivity index (χ0n) is 11.2. The molecule has 0 aliphatic rings. The number of fused-ring (bicyclic) bond motifs is 1. The molecule has 3 nitrogen and oxygen atoms in total. The van der Waals surface area contributed by atoms with Crippen molar-refractivity contribution in [3.63, 3.8) is 0 Å². The van der Waals surface area contributed by atoms with Crippen LogP contribution in [0.2, 0.25) is 0 Å². The first-order valence-electron chi connectivity index (χ1n) is 6.48. The van der Waals surface area contributed by atoms with Crippen molar-refractivity contribution in [1.82, 2.24) is 0 Å². The Labute approximate surface area is 121 Å². The van der Waals surface area contributed by atoms with Crippen LogP contribution < -0.4 is 10.4 Å². The number of hydrogen-bond acceptors (Lipinski definition) is 3. The van der Waals surface area contributed by atoms with E-state index < -0.39 is 5.63 Å². The maximum absolute atomic E-state index is 12.2. The largest absolute Gasteiger partial charge is 0.480 e. The van der Waals surface area contributed by atoms with Gasteiger partial charge in [0.2, 0.25) is 0 Å². The van der Waals surface area contributed by atoms with Crippen molar-refractivity contribution in [1.29, 1.82) is 0 Å². The van der Waals surface area contributed by atoms with Gasteiger partial charge in [0.15, 0.2) is 0 Å². The van der Waals surface area contributed by atoms with Crippen molar-refractivity contribution in [2.24, 2.45) is 0 Å². The molecule has 0 atom stereocenters. The second-order valence-electron chi connectivity index (χ2n) is 4.47. The van der Waals surface area contributed by atoms with Crippen LogP contribution in [0.4, 0.5) is 0 Å². The zero-order chi connectivity index (χ0) is 14.7. The van der Waals surface area contributed by atoms with Crippen LogP contribution in [0.25, 0.3) is 22.1 Å². The number of ether oxygens (including phenoxy) is 1. The average Bonchev–Trinajstić information content (AvgIpc) is 2.52. The molecule has 0 amide bonds. The molecule has 3 heteroatoms. The van der Waals surface area contributed by atoms with E-state index >= 15 is 0 Å².